The number of benzene rings is 1. The second-order valence-electron chi connectivity index (χ2n) is 8.87. The standard InChI is InChI=1S/C25H40O4/c1-6-7-8-9-10-11-12-19-28-22(26)17-14-18-23(27)29-24-20(2)15-13-16-21(24)25(3,4)5/h13,15-16H,6-12,14,17-19H2,1-5H3. The molecule has 0 spiro atoms. The molecule has 0 fully saturated rings. The number of unbranched alkanes of at least 4 members (excludes halogenated alkanes) is 6. The van der Waals surface area contributed by atoms with Gasteiger partial charge < -0.3 is 9.47 Å². The summed E-state index contributed by atoms with van der Waals surface area (Å²) in [5.74, 6) is 0.117. The summed E-state index contributed by atoms with van der Waals surface area (Å²) in [4.78, 5) is 24.1. The number of esters is 2. The van der Waals surface area contributed by atoms with E-state index < -0.39 is 0 Å². The number of aryl methyl sites for hydroxylation is 1. The van der Waals surface area contributed by atoms with Crippen molar-refractivity contribution in [3.8, 4) is 5.75 Å². The van der Waals surface area contributed by atoms with Gasteiger partial charge >= 0.3 is 11.9 Å². The molecule has 0 amide bonds. The van der Waals surface area contributed by atoms with Crippen molar-refractivity contribution < 1.29 is 19.1 Å². The van der Waals surface area contributed by atoms with Gasteiger partial charge in [-0.25, -0.2) is 0 Å². The fourth-order valence-corrected chi connectivity index (χ4v) is 3.24. The van der Waals surface area contributed by atoms with E-state index in [4.69, 9.17) is 9.47 Å². The summed E-state index contributed by atoms with van der Waals surface area (Å²) in [6.07, 6.45) is 9.28. The third-order valence-corrected chi connectivity index (χ3v) is 5.01. The average Bonchev–Trinajstić information content (AvgIpc) is 2.64. The molecule has 1 aromatic rings. The highest BCUT2D eigenvalue weighted by molar-refractivity contribution is 5.75. The largest absolute Gasteiger partial charge is 0.466 e. The summed E-state index contributed by atoms with van der Waals surface area (Å²) in [5.41, 5.74) is 1.85. The van der Waals surface area contributed by atoms with E-state index in [1.54, 1.807) is 0 Å². The van der Waals surface area contributed by atoms with Crippen LogP contribution in [0, 0.1) is 6.92 Å². The van der Waals surface area contributed by atoms with Crippen LogP contribution >= 0.6 is 0 Å². The van der Waals surface area contributed by atoms with Crippen molar-refractivity contribution in [2.75, 3.05) is 6.61 Å². The molecule has 0 bridgehead atoms. The normalized spacial score (nSPS) is 11.3. The predicted molar refractivity (Wildman–Crippen MR) is 118 cm³/mol. The maximum Gasteiger partial charge on any atom is 0.311 e. The van der Waals surface area contributed by atoms with Crippen LogP contribution in [0.3, 0.4) is 0 Å². The van der Waals surface area contributed by atoms with Crippen LogP contribution < -0.4 is 4.74 Å². The Balaban J connectivity index is 2.25. The van der Waals surface area contributed by atoms with Crippen molar-refractivity contribution >= 4 is 11.9 Å². The Morgan fingerprint density at radius 2 is 1.48 bits per heavy atom. The Hall–Kier alpha value is -1.84. The van der Waals surface area contributed by atoms with Crippen LogP contribution in [0.5, 0.6) is 5.75 Å². The van der Waals surface area contributed by atoms with E-state index >= 15 is 0 Å². The Labute approximate surface area is 177 Å². The number of hydrogen-bond acceptors (Lipinski definition) is 4. The molecule has 0 aliphatic carbocycles. The summed E-state index contributed by atoms with van der Waals surface area (Å²) in [6, 6.07) is 5.92. The number of hydrogen-bond donors (Lipinski definition) is 0. The predicted octanol–water partition coefficient (Wildman–Crippen LogP) is 6.66. The van der Waals surface area contributed by atoms with Crippen LogP contribution in [0.15, 0.2) is 18.2 Å². The van der Waals surface area contributed by atoms with Crippen LogP contribution in [0.25, 0.3) is 0 Å². The molecule has 0 aliphatic heterocycles. The molecule has 4 heteroatoms. The molecule has 1 aromatic carbocycles. The summed E-state index contributed by atoms with van der Waals surface area (Å²) in [5, 5.41) is 0. The summed E-state index contributed by atoms with van der Waals surface area (Å²) >= 11 is 0. The van der Waals surface area contributed by atoms with Gasteiger partial charge in [0.15, 0.2) is 0 Å². The first-order valence-electron chi connectivity index (χ1n) is 11.2. The van der Waals surface area contributed by atoms with E-state index in [-0.39, 0.29) is 30.2 Å². The zero-order chi connectivity index (χ0) is 21.7. The van der Waals surface area contributed by atoms with Crippen molar-refractivity contribution in [1.29, 1.82) is 0 Å². The van der Waals surface area contributed by atoms with Crippen LogP contribution in [-0.4, -0.2) is 18.5 Å². The van der Waals surface area contributed by atoms with Gasteiger partial charge in [0.2, 0.25) is 0 Å². The minimum Gasteiger partial charge on any atom is -0.466 e. The molecule has 1 rings (SSSR count). The lowest BCUT2D eigenvalue weighted by Crippen LogP contribution is -2.17. The lowest BCUT2D eigenvalue weighted by atomic mass is 9.85. The molecular formula is C25H40O4. The quantitative estimate of drug-likeness (QED) is 0.209. The van der Waals surface area contributed by atoms with E-state index in [1.807, 2.05) is 25.1 Å². The van der Waals surface area contributed by atoms with Gasteiger partial charge in [-0.05, 0) is 30.7 Å². The lowest BCUT2D eigenvalue weighted by Gasteiger charge is -2.23. The molecule has 0 saturated carbocycles. The third kappa shape index (κ3) is 10.5. The van der Waals surface area contributed by atoms with Gasteiger partial charge in [-0.1, -0.05) is 84.4 Å². The van der Waals surface area contributed by atoms with Gasteiger partial charge in [0.1, 0.15) is 5.75 Å². The van der Waals surface area contributed by atoms with Gasteiger partial charge in [-0.3, -0.25) is 9.59 Å². The van der Waals surface area contributed by atoms with E-state index in [1.165, 1.54) is 32.1 Å². The number of ether oxygens (including phenoxy) is 2. The highest BCUT2D eigenvalue weighted by Crippen LogP contribution is 2.34. The van der Waals surface area contributed by atoms with Gasteiger partial charge in [0.25, 0.3) is 0 Å². The van der Waals surface area contributed by atoms with Gasteiger partial charge in [-0.2, -0.15) is 0 Å². The average molecular weight is 405 g/mol. The van der Waals surface area contributed by atoms with Gasteiger partial charge in [0.05, 0.1) is 6.61 Å². The van der Waals surface area contributed by atoms with Crippen molar-refractivity contribution in [2.24, 2.45) is 0 Å². The van der Waals surface area contributed by atoms with Crippen molar-refractivity contribution in [2.45, 2.75) is 104 Å². The summed E-state index contributed by atoms with van der Waals surface area (Å²) in [7, 11) is 0. The van der Waals surface area contributed by atoms with Crippen LogP contribution in [0.1, 0.15) is 103 Å². The first kappa shape index (κ1) is 25.2. The fraction of sp³-hybridized carbons (Fsp3) is 0.680. The highest BCUT2D eigenvalue weighted by Gasteiger charge is 2.22. The number of carbonyl (C=O) groups is 2. The molecule has 0 aromatic heterocycles. The van der Waals surface area contributed by atoms with E-state index in [2.05, 4.69) is 27.7 Å². The van der Waals surface area contributed by atoms with Crippen molar-refractivity contribution in [3.63, 3.8) is 0 Å². The third-order valence-electron chi connectivity index (χ3n) is 5.01. The zero-order valence-electron chi connectivity index (χ0n) is 19.1. The first-order valence-corrected chi connectivity index (χ1v) is 11.2. The second kappa shape index (κ2) is 13.4. The Kier molecular flexibility index (Phi) is 11.6. The SMILES string of the molecule is CCCCCCCCCOC(=O)CCCC(=O)Oc1c(C)cccc1C(C)(C)C. The lowest BCUT2D eigenvalue weighted by molar-refractivity contribution is -0.144. The molecule has 0 saturated heterocycles. The van der Waals surface area contributed by atoms with Crippen LogP contribution in [-0.2, 0) is 19.7 Å². The van der Waals surface area contributed by atoms with Gasteiger partial charge in [-0.15, -0.1) is 0 Å². The maximum absolute atomic E-state index is 12.3. The highest BCUT2D eigenvalue weighted by atomic mass is 16.5. The maximum atomic E-state index is 12.3. The molecule has 29 heavy (non-hydrogen) atoms. The Bertz CT molecular complexity index is 628. The van der Waals surface area contributed by atoms with Crippen molar-refractivity contribution in [1.82, 2.24) is 0 Å². The van der Waals surface area contributed by atoms with E-state index in [0.29, 0.717) is 18.8 Å². The minimum atomic E-state index is -0.301. The van der Waals surface area contributed by atoms with E-state index in [9.17, 15) is 9.59 Å². The summed E-state index contributed by atoms with van der Waals surface area (Å²) in [6.45, 7) is 10.9. The Morgan fingerprint density at radius 1 is 0.862 bits per heavy atom. The van der Waals surface area contributed by atoms with Crippen LogP contribution in [0.2, 0.25) is 0 Å². The molecule has 0 N–H and O–H groups in total. The minimum absolute atomic E-state index is 0.110. The molecule has 0 unspecified atom stereocenters. The van der Waals surface area contributed by atoms with Gasteiger partial charge in [0, 0.05) is 18.4 Å². The monoisotopic (exact) mass is 404 g/mol. The molecule has 0 aliphatic rings. The first-order chi connectivity index (χ1) is 13.8. The second-order valence-corrected chi connectivity index (χ2v) is 8.87. The number of para-hydroxylation sites is 1. The molecule has 0 atom stereocenters. The molecule has 164 valence electrons. The molecule has 0 heterocycles. The molecular weight excluding hydrogens is 364 g/mol. The smallest absolute Gasteiger partial charge is 0.311 e. The van der Waals surface area contributed by atoms with Crippen molar-refractivity contribution in [3.05, 3.63) is 29.3 Å². The van der Waals surface area contributed by atoms with E-state index in [0.717, 1.165) is 24.0 Å². The fourth-order valence-electron chi connectivity index (χ4n) is 3.24. The summed E-state index contributed by atoms with van der Waals surface area (Å²) < 4.78 is 10.9. The topological polar surface area (TPSA) is 52.6 Å². The zero-order valence-corrected chi connectivity index (χ0v) is 19.1. The van der Waals surface area contributed by atoms with Crippen LogP contribution in [0.4, 0.5) is 0 Å². The number of rotatable bonds is 13. The number of carbonyl (C=O) groups excluding carboxylic acids is 2. The molecule has 0 radical (unpaired) electrons. The molecule has 4 nitrogen and oxygen atoms in total. The Morgan fingerprint density at radius 3 is 2.14 bits per heavy atom.